The van der Waals surface area contributed by atoms with Crippen LogP contribution >= 0.6 is 0 Å². The number of rotatable bonds is 5. The molecule has 0 aliphatic heterocycles. The van der Waals surface area contributed by atoms with Gasteiger partial charge in [-0.3, -0.25) is 0 Å². The Kier molecular flexibility index (Phi) is 4.61. The van der Waals surface area contributed by atoms with Gasteiger partial charge in [-0.2, -0.15) is 0 Å². The number of halogens is 1. The minimum Gasteiger partial charge on any atom is -0.497 e. The highest BCUT2D eigenvalue weighted by atomic mass is 19.1. The molecule has 0 fully saturated rings. The van der Waals surface area contributed by atoms with Crippen LogP contribution in [-0.2, 0) is 6.54 Å². The standard InChI is InChI=1S/C15H16FN3O2/c1-21-14-4-2-13(3-5-14)18-9-10-6-11(15(17)19-20)8-12(16)7-10/h2-8,18,20H,9H2,1H3,(H2,17,19). The van der Waals surface area contributed by atoms with E-state index in [1.54, 1.807) is 13.2 Å². The molecular formula is C15H16FN3O2. The normalized spacial score (nSPS) is 11.2. The van der Waals surface area contributed by atoms with E-state index < -0.39 is 5.82 Å². The number of amidine groups is 1. The monoisotopic (exact) mass is 289 g/mol. The lowest BCUT2D eigenvalue weighted by molar-refractivity contribution is 0.318. The maximum atomic E-state index is 13.5. The summed E-state index contributed by atoms with van der Waals surface area (Å²) < 4.78 is 18.6. The Morgan fingerprint density at radius 1 is 1.29 bits per heavy atom. The van der Waals surface area contributed by atoms with Crippen molar-refractivity contribution in [1.82, 2.24) is 0 Å². The summed E-state index contributed by atoms with van der Waals surface area (Å²) in [5.41, 5.74) is 7.37. The molecule has 2 rings (SSSR count). The summed E-state index contributed by atoms with van der Waals surface area (Å²) in [6.07, 6.45) is 0. The molecule has 2 aromatic carbocycles. The van der Waals surface area contributed by atoms with Crippen LogP contribution < -0.4 is 15.8 Å². The SMILES string of the molecule is COc1ccc(NCc2cc(F)cc(/C(N)=N/O)c2)cc1. The quantitative estimate of drug-likeness (QED) is 0.342. The molecule has 0 amide bonds. The zero-order valence-electron chi connectivity index (χ0n) is 11.5. The molecule has 0 heterocycles. The zero-order valence-corrected chi connectivity index (χ0v) is 11.5. The summed E-state index contributed by atoms with van der Waals surface area (Å²) in [6, 6.07) is 11.7. The number of nitrogens with zero attached hydrogens (tertiary/aromatic N) is 1. The van der Waals surface area contributed by atoms with Crippen molar-refractivity contribution in [3.8, 4) is 5.75 Å². The second-order valence-corrected chi connectivity index (χ2v) is 4.42. The molecule has 2 aromatic rings. The number of hydrogen-bond acceptors (Lipinski definition) is 4. The lowest BCUT2D eigenvalue weighted by Gasteiger charge is -2.09. The Morgan fingerprint density at radius 3 is 2.62 bits per heavy atom. The summed E-state index contributed by atoms with van der Waals surface area (Å²) in [7, 11) is 1.60. The van der Waals surface area contributed by atoms with E-state index >= 15 is 0 Å². The predicted molar refractivity (Wildman–Crippen MR) is 79.2 cm³/mol. The van der Waals surface area contributed by atoms with Crippen molar-refractivity contribution in [2.24, 2.45) is 10.9 Å². The molecular weight excluding hydrogens is 273 g/mol. The Morgan fingerprint density at radius 2 is 2.00 bits per heavy atom. The molecule has 0 radical (unpaired) electrons. The third-order valence-corrected chi connectivity index (χ3v) is 2.95. The second kappa shape index (κ2) is 6.60. The average molecular weight is 289 g/mol. The Labute approximate surface area is 121 Å². The largest absolute Gasteiger partial charge is 0.497 e. The van der Waals surface area contributed by atoms with Crippen LogP contribution in [0.5, 0.6) is 5.75 Å². The van der Waals surface area contributed by atoms with Crippen LogP contribution in [0.2, 0.25) is 0 Å². The number of nitrogens with two attached hydrogens (primary N) is 1. The first-order valence-corrected chi connectivity index (χ1v) is 6.27. The molecule has 0 aromatic heterocycles. The molecule has 110 valence electrons. The molecule has 0 saturated carbocycles. The first-order valence-electron chi connectivity index (χ1n) is 6.27. The highest BCUT2D eigenvalue weighted by Gasteiger charge is 2.05. The summed E-state index contributed by atoms with van der Waals surface area (Å²) in [4.78, 5) is 0. The molecule has 0 aliphatic rings. The number of benzene rings is 2. The van der Waals surface area contributed by atoms with Gasteiger partial charge in [-0.05, 0) is 48.0 Å². The maximum absolute atomic E-state index is 13.5. The Balaban J connectivity index is 2.10. The first-order chi connectivity index (χ1) is 10.1. The van der Waals surface area contributed by atoms with E-state index in [-0.39, 0.29) is 5.84 Å². The van der Waals surface area contributed by atoms with Gasteiger partial charge < -0.3 is 21.0 Å². The van der Waals surface area contributed by atoms with Crippen LogP contribution in [0, 0.1) is 5.82 Å². The lowest BCUT2D eigenvalue weighted by Crippen LogP contribution is -2.14. The van der Waals surface area contributed by atoms with E-state index in [1.807, 2.05) is 24.3 Å². The fraction of sp³-hybridized carbons (Fsp3) is 0.133. The van der Waals surface area contributed by atoms with Crippen molar-refractivity contribution in [3.63, 3.8) is 0 Å². The first kappa shape index (κ1) is 14.6. The molecule has 0 spiro atoms. The van der Waals surface area contributed by atoms with E-state index in [0.717, 1.165) is 11.4 Å². The smallest absolute Gasteiger partial charge is 0.170 e. The Bertz CT molecular complexity index is 642. The van der Waals surface area contributed by atoms with Gasteiger partial charge in [0.05, 0.1) is 7.11 Å². The fourth-order valence-corrected chi connectivity index (χ4v) is 1.87. The topological polar surface area (TPSA) is 79.9 Å². The minimum absolute atomic E-state index is 0.125. The predicted octanol–water partition coefficient (Wildman–Crippen LogP) is 2.54. The van der Waals surface area contributed by atoms with Gasteiger partial charge in [-0.1, -0.05) is 5.16 Å². The number of anilines is 1. The van der Waals surface area contributed by atoms with Gasteiger partial charge in [0.1, 0.15) is 11.6 Å². The summed E-state index contributed by atoms with van der Waals surface area (Å²) in [5, 5.41) is 14.7. The summed E-state index contributed by atoms with van der Waals surface area (Å²) >= 11 is 0. The third kappa shape index (κ3) is 3.85. The van der Waals surface area contributed by atoms with Gasteiger partial charge in [-0.25, -0.2) is 4.39 Å². The molecule has 6 heteroatoms. The van der Waals surface area contributed by atoms with Crippen LogP contribution in [0.25, 0.3) is 0 Å². The number of ether oxygens (including phenoxy) is 1. The van der Waals surface area contributed by atoms with Crippen molar-refractivity contribution in [2.75, 3.05) is 12.4 Å². The van der Waals surface area contributed by atoms with Gasteiger partial charge in [0.25, 0.3) is 0 Å². The molecule has 21 heavy (non-hydrogen) atoms. The molecule has 0 saturated heterocycles. The second-order valence-electron chi connectivity index (χ2n) is 4.42. The molecule has 0 bridgehead atoms. The minimum atomic E-state index is -0.439. The third-order valence-electron chi connectivity index (χ3n) is 2.95. The van der Waals surface area contributed by atoms with E-state index in [4.69, 9.17) is 15.7 Å². The van der Waals surface area contributed by atoms with Crippen molar-refractivity contribution >= 4 is 11.5 Å². The molecule has 4 N–H and O–H groups in total. The summed E-state index contributed by atoms with van der Waals surface area (Å²) in [6.45, 7) is 0.412. The van der Waals surface area contributed by atoms with Crippen LogP contribution in [0.15, 0.2) is 47.6 Å². The van der Waals surface area contributed by atoms with Gasteiger partial charge in [-0.15, -0.1) is 0 Å². The highest BCUT2D eigenvalue weighted by molar-refractivity contribution is 5.97. The van der Waals surface area contributed by atoms with E-state index in [9.17, 15) is 4.39 Å². The zero-order chi connectivity index (χ0) is 15.2. The molecule has 0 aliphatic carbocycles. The molecule has 5 nitrogen and oxygen atoms in total. The van der Waals surface area contributed by atoms with Crippen LogP contribution in [0.1, 0.15) is 11.1 Å². The van der Waals surface area contributed by atoms with Crippen molar-refractivity contribution in [3.05, 3.63) is 59.4 Å². The molecule has 0 atom stereocenters. The lowest BCUT2D eigenvalue weighted by atomic mass is 10.1. The van der Waals surface area contributed by atoms with Gasteiger partial charge in [0, 0.05) is 17.8 Å². The summed E-state index contributed by atoms with van der Waals surface area (Å²) in [5.74, 6) is 0.200. The Hall–Kier alpha value is -2.76. The van der Waals surface area contributed by atoms with E-state index in [2.05, 4.69) is 10.5 Å². The van der Waals surface area contributed by atoms with Gasteiger partial charge in [0.15, 0.2) is 5.84 Å². The number of hydrogen-bond donors (Lipinski definition) is 3. The van der Waals surface area contributed by atoms with Crippen LogP contribution in [0.4, 0.5) is 10.1 Å². The number of nitrogens with one attached hydrogen (secondary N) is 1. The highest BCUT2D eigenvalue weighted by Crippen LogP contribution is 2.16. The van der Waals surface area contributed by atoms with Gasteiger partial charge >= 0.3 is 0 Å². The number of methoxy groups -OCH3 is 1. The van der Waals surface area contributed by atoms with Crippen molar-refractivity contribution in [1.29, 1.82) is 0 Å². The van der Waals surface area contributed by atoms with Crippen LogP contribution in [-0.4, -0.2) is 18.2 Å². The fourth-order valence-electron chi connectivity index (χ4n) is 1.87. The number of oxime groups is 1. The van der Waals surface area contributed by atoms with E-state index in [0.29, 0.717) is 17.7 Å². The van der Waals surface area contributed by atoms with E-state index in [1.165, 1.54) is 12.1 Å². The van der Waals surface area contributed by atoms with Crippen molar-refractivity contribution < 1.29 is 14.3 Å². The molecule has 0 unspecified atom stereocenters. The van der Waals surface area contributed by atoms with Crippen LogP contribution in [0.3, 0.4) is 0 Å². The maximum Gasteiger partial charge on any atom is 0.170 e. The van der Waals surface area contributed by atoms with Crippen molar-refractivity contribution in [2.45, 2.75) is 6.54 Å². The average Bonchev–Trinajstić information content (AvgIpc) is 2.52. The van der Waals surface area contributed by atoms with Gasteiger partial charge in [0.2, 0.25) is 0 Å².